The van der Waals surface area contributed by atoms with Gasteiger partial charge in [0, 0.05) is 27.8 Å². The predicted octanol–water partition coefficient (Wildman–Crippen LogP) is 1.70. The molecule has 84 valence electrons. The second-order valence-corrected chi connectivity index (χ2v) is 5.52. The number of aliphatic hydroxyl groups excluding tert-OH is 1. The van der Waals surface area contributed by atoms with Crippen molar-refractivity contribution in [2.45, 2.75) is 12.6 Å². The summed E-state index contributed by atoms with van der Waals surface area (Å²) in [5.74, 6) is 0. The van der Waals surface area contributed by atoms with Gasteiger partial charge in [0.2, 0.25) is 0 Å². The van der Waals surface area contributed by atoms with Crippen LogP contribution < -0.4 is 0 Å². The SMILES string of the molecule is OCC1COCCN1Cc1cc(Br)cs1. The van der Waals surface area contributed by atoms with Gasteiger partial charge in [0.25, 0.3) is 0 Å². The van der Waals surface area contributed by atoms with Crippen molar-refractivity contribution in [1.29, 1.82) is 0 Å². The van der Waals surface area contributed by atoms with Crippen molar-refractivity contribution in [3.63, 3.8) is 0 Å². The Balaban J connectivity index is 1.97. The Morgan fingerprint density at radius 2 is 2.53 bits per heavy atom. The molecule has 1 aliphatic heterocycles. The van der Waals surface area contributed by atoms with Crippen LogP contribution in [0.3, 0.4) is 0 Å². The second kappa shape index (κ2) is 5.41. The molecule has 0 spiro atoms. The van der Waals surface area contributed by atoms with Crippen molar-refractivity contribution in [1.82, 2.24) is 4.90 Å². The topological polar surface area (TPSA) is 32.7 Å². The van der Waals surface area contributed by atoms with E-state index in [2.05, 4.69) is 32.3 Å². The highest BCUT2D eigenvalue weighted by molar-refractivity contribution is 9.10. The van der Waals surface area contributed by atoms with Gasteiger partial charge in [-0.15, -0.1) is 11.3 Å². The van der Waals surface area contributed by atoms with E-state index in [0.717, 1.165) is 24.2 Å². The summed E-state index contributed by atoms with van der Waals surface area (Å²) in [7, 11) is 0. The molecule has 1 saturated heterocycles. The average molecular weight is 292 g/mol. The summed E-state index contributed by atoms with van der Waals surface area (Å²) in [6.45, 7) is 3.39. The average Bonchev–Trinajstić information content (AvgIpc) is 2.65. The van der Waals surface area contributed by atoms with E-state index in [-0.39, 0.29) is 12.6 Å². The number of thiophene rings is 1. The number of aliphatic hydroxyl groups is 1. The van der Waals surface area contributed by atoms with Gasteiger partial charge in [-0.2, -0.15) is 0 Å². The summed E-state index contributed by atoms with van der Waals surface area (Å²) in [5.41, 5.74) is 0. The van der Waals surface area contributed by atoms with Crippen LogP contribution in [0.25, 0.3) is 0 Å². The number of nitrogens with zero attached hydrogens (tertiary/aromatic N) is 1. The van der Waals surface area contributed by atoms with Gasteiger partial charge < -0.3 is 9.84 Å². The molecule has 0 amide bonds. The van der Waals surface area contributed by atoms with Crippen molar-refractivity contribution in [2.24, 2.45) is 0 Å². The quantitative estimate of drug-likeness (QED) is 0.920. The molecule has 1 aromatic rings. The first kappa shape index (κ1) is 11.5. The molecule has 1 aliphatic rings. The van der Waals surface area contributed by atoms with Crippen LogP contribution in [-0.4, -0.2) is 42.4 Å². The molecule has 0 aliphatic carbocycles. The fourth-order valence-electron chi connectivity index (χ4n) is 1.70. The van der Waals surface area contributed by atoms with E-state index in [9.17, 15) is 5.11 Å². The number of halogens is 1. The molecule has 2 heterocycles. The van der Waals surface area contributed by atoms with E-state index in [1.165, 1.54) is 4.88 Å². The van der Waals surface area contributed by atoms with Crippen molar-refractivity contribution in [2.75, 3.05) is 26.4 Å². The zero-order valence-corrected chi connectivity index (χ0v) is 10.8. The van der Waals surface area contributed by atoms with Crippen molar-refractivity contribution >= 4 is 27.3 Å². The van der Waals surface area contributed by atoms with Gasteiger partial charge in [0.1, 0.15) is 0 Å². The van der Waals surface area contributed by atoms with Crippen molar-refractivity contribution < 1.29 is 9.84 Å². The molecular formula is C10H14BrNO2S. The van der Waals surface area contributed by atoms with Gasteiger partial charge in [-0.1, -0.05) is 0 Å². The fourth-order valence-corrected chi connectivity index (χ4v) is 3.18. The maximum atomic E-state index is 9.22. The first-order valence-corrected chi connectivity index (χ1v) is 6.62. The van der Waals surface area contributed by atoms with Crippen LogP contribution in [-0.2, 0) is 11.3 Å². The Bertz CT molecular complexity index is 318. The first-order chi connectivity index (χ1) is 7.29. The minimum atomic E-state index is 0.152. The summed E-state index contributed by atoms with van der Waals surface area (Å²) in [5, 5.41) is 11.3. The van der Waals surface area contributed by atoms with Gasteiger partial charge in [0.15, 0.2) is 0 Å². The van der Waals surface area contributed by atoms with E-state index >= 15 is 0 Å². The lowest BCUT2D eigenvalue weighted by molar-refractivity contribution is -0.0308. The van der Waals surface area contributed by atoms with E-state index in [1.807, 2.05) is 0 Å². The van der Waals surface area contributed by atoms with Gasteiger partial charge in [-0.25, -0.2) is 0 Å². The Morgan fingerprint density at radius 1 is 1.67 bits per heavy atom. The van der Waals surface area contributed by atoms with Crippen molar-refractivity contribution in [3.05, 3.63) is 20.8 Å². The Hall–Kier alpha value is 0.0600. The zero-order chi connectivity index (χ0) is 10.7. The fraction of sp³-hybridized carbons (Fsp3) is 0.600. The zero-order valence-electron chi connectivity index (χ0n) is 8.36. The molecule has 3 nitrogen and oxygen atoms in total. The molecular weight excluding hydrogens is 278 g/mol. The van der Waals surface area contributed by atoms with E-state index in [1.54, 1.807) is 11.3 Å². The number of ether oxygens (including phenoxy) is 1. The highest BCUT2D eigenvalue weighted by Crippen LogP contribution is 2.22. The number of rotatable bonds is 3. The molecule has 5 heteroatoms. The van der Waals surface area contributed by atoms with E-state index in [0.29, 0.717) is 6.61 Å². The highest BCUT2D eigenvalue weighted by atomic mass is 79.9. The molecule has 1 fully saturated rings. The Morgan fingerprint density at radius 3 is 3.20 bits per heavy atom. The number of morpholine rings is 1. The molecule has 0 aromatic carbocycles. The maximum Gasteiger partial charge on any atom is 0.0645 e. The van der Waals surface area contributed by atoms with Crippen LogP contribution in [0.1, 0.15) is 4.88 Å². The minimum absolute atomic E-state index is 0.152. The number of hydrogen-bond acceptors (Lipinski definition) is 4. The lowest BCUT2D eigenvalue weighted by Gasteiger charge is -2.33. The summed E-state index contributed by atoms with van der Waals surface area (Å²) in [6, 6.07) is 2.29. The second-order valence-electron chi connectivity index (χ2n) is 3.61. The van der Waals surface area contributed by atoms with Crippen LogP contribution in [0.15, 0.2) is 15.9 Å². The molecule has 0 radical (unpaired) electrons. The van der Waals surface area contributed by atoms with Crippen LogP contribution >= 0.6 is 27.3 Å². The maximum absolute atomic E-state index is 9.22. The van der Waals surface area contributed by atoms with Crippen LogP contribution in [0.4, 0.5) is 0 Å². The lowest BCUT2D eigenvalue weighted by Crippen LogP contribution is -2.46. The Kier molecular flexibility index (Phi) is 4.16. The molecule has 0 bridgehead atoms. The van der Waals surface area contributed by atoms with Crippen LogP contribution in [0.2, 0.25) is 0 Å². The van der Waals surface area contributed by atoms with Gasteiger partial charge >= 0.3 is 0 Å². The first-order valence-electron chi connectivity index (χ1n) is 4.95. The molecule has 1 unspecified atom stereocenters. The number of hydrogen-bond donors (Lipinski definition) is 1. The summed E-state index contributed by atoms with van der Waals surface area (Å²) >= 11 is 5.19. The van der Waals surface area contributed by atoms with Gasteiger partial charge in [0.05, 0.1) is 25.9 Å². The lowest BCUT2D eigenvalue weighted by atomic mass is 10.2. The standard InChI is InChI=1S/C10H14BrNO2S/c11-8-3-10(15-7-8)4-12-1-2-14-6-9(12)5-13/h3,7,9,13H,1-2,4-6H2. The smallest absolute Gasteiger partial charge is 0.0645 e. The largest absolute Gasteiger partial charge is 0.395 e. The summed E-state index contributed by atoms with van der Waals surface area (Å²) < 4.78 is 6.47. The highest BCUT2D eigenvalue weighted by Gasteiger charge is 2.22. The van der Waals surface area contributed by atoms with Gasteiger partial charge in [-0.3, -0.25) is 4.90 Å². The van der Waals surface area contributed by atoms with Crippen molar-refractivity contribution in [3.8, 4) is 0 Å². The van der Waals surface area contributed by atoms with E-state index < -0.39 is 0 Å². The molecule has 1 N–H and O–H groups in total. The molecule has 15 heavy (non-hydrogen) atoms. The summed E-state index contributed by atoms with van der Waals surface area (Å²) in [6.07, 6.45) is 0. The van der Waals surface area contributed by atoms with Gasteiger partial charge in [-0.05, 0) is 22.0 Å². The normalized spacial score (nSPS) is 23.2. The van der Waals surface area contributed by atoms with Crippen LogP contribution in [0, 0.1) is 0 Å². The monoisotopic (exact) mass is 291 g/mol. The summed E-state index contributed by atoms with van der Waals surface area (Å²) in [4.78, 5) is 3.60. The third-order valence-corrected chi connectivity index (χ3v) is 4.22. The van der Waals surface area contributed by atoms with E-state index in [4.69, 9.17) is 4.74 Å². The van der Waals surface area contributed by atoms with Crippen LogP contribution in [0.5, 0.6) is 0 Å². The molecule has 1 aromatic heterocycles. The molecule has 0 saturated carbocycles. The molecule has 1 atom stereocenters. The molecule has 2 rings (SSSR count). The minimum Gasteiger partial charge on any atom is -0.395 e. The predicted molar refractivity (Wildman–Crippen MR) is 64.1 cm³/mol. The third-order valence-electron chi connectivity index (χ3n) is 2.54. The third kappa shape index (κ3) is 3.01. The Labute approximate surface area is 102 Å².